The molecule has 1 aromatic carbocycles. The number of fused-ring (bicyclic) bond motifs is 2. The van der Waals surface area contributed by atoms with E-state index in [0.717, 1.165) is 0 Å². The lowest BCUT2D eigenvalue weighted by Crippen LogP contribution is -2.13. The smallest absolute Gasteiger partial charge is 0.133 e. The van der Waals surface area contributed by atoms with Crippen molar-refractivity contribution in [3.8, 4) is 19.8 Å². The Bertz CT molecular complexity index is 1970. The van der Waals surface area contributed by atoms with Crippen LogP contribution in [0.5, 0.6) is 0 Å². The first-order chi connectivity index (χ1) is 31.5. The SMILES string of the molecule is CCCCCCCC(C)c1nc(-c2cc3c(C(C)CCCCCCC)c4sc(-c5nc(C(C)CCCCCCC)c(C(C)(C)C)s5)cc4c(C(C)CCCCCCC)c3s2)sc1C(C)(C)C. The molecule has 0 aliphatic carbocycles. The minimum Gasteiger partial charge on any atom is -0.240 e. The van der Waals surface area contributed by atoms with Crippen LogP contribution in [-0.4, -0.2) is 9.97 Å². The summed E-state index contributed by atoms with van der Waals surface area (Å²) in [6, 6.07) is 5.26. The Hall–Kier alpha value is -1.60. The van der Waals surface area contributed by atoms with Crippen LogP contribution in [0.25, 0.3) is 39.9 Å². The van der Waals surface area contributed by atoms with E-state index in [1.807, 2.05) is 22.7 Å². The summed E-state index contributed by atoms with van der Waals surface area (Å²) in [7, 11) is 0. The van der Waals surface area contributed by atoms with Crippen LogP contribution in [0.1, 0.15) is 307 Å². The normalized spacial score (nSPS) is 14.5. The fraction of sp³-hybridized carbons (Fsp3) is 0.733. The minimum atomic E-state index is 0.0707. The molecule has 0 N–H and O–H groups in total. The van der Waals surface area contributed by atoms with Crippen LogP contribution < -0.4 is 0 Å². The molecule has 4 unspecified atom stereocenters. The molecule has 4 aromatic heterocycles. The van der Waals surface area contributed by atoms with Gasteiger partial charge in [-0.3, -0.25) is 0 Å². The zero-order valence-electron chi connectivity index (χ0n) is 45.0. The van der Waals surface area contributed by atoms with Crippen molar-refractivity contribution in [1.29, 1.82) is 0 Å². The van der Waals surface area contributed by atoms with Crippen molar-refractivity contribution in [2.75, 3.05) is 0 Å². The highest BCUT2D eigenvalue weighted by Crippen LogP contribution is 2.53. The number of aromatic nitrogens is 2. The van der Waals surface area contributed by atoms with Crippen LogP contribution in [0.4, 0.5) is 0 Å². The van der Waals surface area contributed by atoms with Crippen LogP contribution in [-0.2, 0) is 10.8 Å². The lowest BCUT2D eigenvalue weighted by molar-refractivity contribution is 0.541. The lowest BCUT2D eigenvalue weighted by atomic mass is 9.85. The molecule has 0 amide bonds. The third kappa shape index (κ3) is 14.7. The predicted octanol–water partition coefficient (Wildman–Crippen LogP) is 22.8. The summed E-state index contributed by atoms with van der Waals surface area (Å²) < 4.78 is 3.08. The molecule has 0 radical (unpaired) electrons. The number of nitrogens with zero attached hydrogens (tertiary/aromatic N) is 2. The maximum absolute atomic E-state index is 5.67. The number of thiophene rings is 2. The number of hydrogen-bond donors (Lipinski definition) is 0. The van der Waals surface area contributed by atoms with Gasteiger partial charge in [-0.1, -0.05) is 225 Å². The number of hydrogen-bond acceptors (Lipinski definition) is 6. The molecule has 370 valence electrons. The van der Waals surface area contributed by atoms with Crippen LogP contribution in [0, 0.1) is 0 Å². The van der Waals surface area contributed by atoms with Gasteiger partial charge in [-0.25, -0.2) is 9.97 Å². The molecule has 5 aromatic rings. The highest BCUT2D eigenvalue weighted by molar-refractivity contribution is 7.27. The second-order valence-electron chi connectivity index (χ2n) is 22.9. The van der Waals surface area contributed by atoms with Crippen LogP contribution in [0.15, 0.2) is 12.1 Å². The number of rotatable bonds is 30. The minimum absolute atomic E-state index is 0.0707. The summed E-state index contributed by atoms with van der Waals surface area (Å²) in [4.78, 5) is 17.1. The van der Waals surface area contributed by atoms with E-state index in [1.54, 1.807) is 20.5 Å². The van der Waals surface area contributed by atoms with E-state index in [9.17, 15) is 0 Å². The molecule has 0 spiro atoms. The largest absolute Gasteiger partial charge is 0.240 e. The summed E-state index contributed by atoms with van der Waals surface area (Å²) in [6.45, 7) is 33.8. The van der Waals surface area contributed by atoms with Gasteiger partial charge >= 0.3 is 0 Å². The zero-order chi connectivity index (χ0) is 48.0. The van der Waals surface area contributed by atoms with Gasteiger partial charge in [0, 0.05) is 19.2 Å². The fourth-order valence-corrected chi connectivity index (χ4v) is 15.7. The number of benzene rings is 1. The molecule has 0 bridgehead atoms. The summed E-state index contributed by atoms with van der Waals surface area (Å²) in [6.07, 6.45) is 31.6. The Morgan fingerprint density at radius 2 is 0.682 bits per heavy atom. The Morgan fingerprint density at radius 3 is 0.970 bits per heavy atom. The monoisotopic (exact) mass is 973 g/mol. The first kappa shape index (κ1) is 55.3. The van der Waals surface area contributed by atoms with Gasteiger partial charge in [-0.15, -0.1) is 45.3 Å². The van der Waals surface area contributed by atoms with Crippen LogP contribution in [0.3, 0.4) is 0 Å². The summed E-state index contributed by atoms with van der Waals surface area (Å²) in [5.74, 6) is 1.93. The summed E-state index contributed by atoms with van der Waals surface area (Å²) >= 11 is 8.15. The van der Waals surface area contributed by atoms with Gasteiger partial charge in [0.05, 0.1) is 21.1 Å². The maximum atomic E-state index is 5.67. The molecular weight excluding hydrogens is 877 g/mol. The van der Waals surface area contributed by atoms with Gasteiger partial charge in [-0.2, -0.15) is 0 Å². The summed E-state index contributed by atoms with van der Waals surface area (Å²) in [5.41, 5.74) is 6.09. The highest BCUT2D eigenvalue weighted by Gasteiger charge is 2.31. The number of unbranched alkanes of at least 4 members (excludes halogenated alkanes) is 16. The number of thiazole rings is 2. The van der Waals surface area contributed by atoms with Gasteiger partial charge in [0.15, 0.2) is 0 Å². The Labute approximate surface area is 422 Å². The van der Waals surface area contributed by atoms with Gasteiger partial charge in [0.1, 0.15) is 10.0 Å². The molecule has 0 saturated heterocycles. The molecular formula is C60H96N2S4. The highest BCUT2D eigenvalue weighted by atomic mass is 32.1. The molecule has 0 fully saturated rings. The standard InChI is InChI=1S/C60H96N2S4/c1-15-19-23-27-31-35-41(5)49-45-39-47(57-61-51(55(65-57)59(9,10)11)43(7)37-33-29-25-21-17-3)64-54(45)50(42(6)36-32-28-24-20-16-2)46-40-48(63-53(46)49)58-62-52(56(66-58)60(12,13)14)44(8)38-34-30-26-22-18-4/h39-44H,15-38H2,1-14H3. The van der Waals surface area contributed by atoms with Crippen molar-refractivity contribution in [1.82, 2.24) is 9.97 Å². The van der Waals surface area contributed by atoms with Crippen molar-refractivity contribution < 1.29 is 0 Å². The maximum Gasteiger partial charge on any atom is 0.133 e. The first-order valence-corrected chi connectivity index (χ1v) is 30.9. The Balaban J connectivity index is 1.69. The van der Waals surface area contributed by atoms with E-state index in [2.05, 4.69) is 132 Å². The van der Waals surface area contributed by atoms with Crippen molar-refractivity contribution in [3.63, 3.8) is 0 Å². The molecule has 2 nitrogen and oxygen atoms in total. The van der Waals surface area contributed by atoms with E-state index < -0.39 is 0 Å². The topological polar surface area (TPSA) is 25.8 Å². The van der Waals surface area contributed by atoms with Gasteiger partial charge in [0.25, 0.3) is 0 Å². The van der Waals surface area contributed by atoms with Crippen molar-refractivity contribution in [2.45, 2.75) is 286 Å². The molecule has 0 aliphatic rings. The van der Waals surface area contributed by atoms with E-state index in [0.29, 0.717) is 23.7 Å². The second-order valence-corrected chi connectivity index (χ2v) is 27.0. The molecule has 0 saturated carbocycles. The van der Waals surface area contributed by atoms with Crippen molar-refractivity contribution >= 4 is 65.5 Å². The first-order valence-electron chi connectivity index (χ1n) is 27.6. The molecule has 4 atom stereocenters. The van der Waals surface area contributed by atoms with Crippen LogP contribution >= 0.6 is 45.3 Å². The fourth-order valence-electron chi connectivity index (χ4n) is 10.4. The van der Waals surface area contributed by atoms with E-state index in [-0.39, 0.29) is 10.8 Å². The molecule has 0 aliphatic heterocycles. The Kier molecular flexibility index (Phi) is 22.3. The van der Waals surface area contributed by atoms with E-state index in [1.165, 1.54) is 206 Å². The zero-order valence-corrected chi connectivity index (χ0v) is 48.2. The molecule has 66 heavy (non-hydrogen) atoms. The van der Waals surface area contributed by atoms with Crippen molar-refractivity contribution in [2.24, 2.45) is 0 Å². The molecule has 6 heteroatoms. The predicted molar refractivity (Wildman–Crippen MR) is 304 cm³/mol. The third-order valence-electron chi connectivity index (χ3n) is 14.5. The van der Waals surface area contributed by atoms with Crippen LogP contribution in [0.2, 0.25) is 0 Å². The van der Waals surface area contributed by atoms with E-state index in [4.69, 9.17) is 9.97 Å². The quantitative estimate of drug-likeness (QED) is 0.0429. The lowest BCUT2D eigenvalue weighted by Gasteiger charge is -2.20. The third-order valence-corrected chi connectivity index (χ3v) is 20.2. The molecule has 4 heterocycles. The Morgan fingerprint density at radius 1 is 0.394 bits per heavy atom. The van der Waals surface area contributed by atoms with Gasteiger partial charge < -0.3 is 0 Å². The molecule has 5 rings (SSSR count). The average molecular weight is 974 g/mol. The second kappa shape index (κ2) is 26.6. The average Bonchev–Trinajstić information content (AvgIpc) is 4.09. The van der Waals surface area contributed by atoms with E-state index >= 15 is 0 Å². The van der Waals surface area contributed by atoms with Crippen molar-refractivity contribution in [3.05, 3.63) is 44.4 Å². The summed E-state index contributed by atoms with van der Waals surface area (Å²) in [5, 5.41) is 5.54. The van der Waals surface area contributed by atoms with Gasteiger partial charge in [0.2, 0.25) is 0 Å². The van der Waals surface area contributed by atoms with Gasteiger partial charge in [-0.05, 0) is 94.2 Å².